The third-order valence-corrected chi connectivity index (χ3v) is 2.26. The summed E-state index contributed by atoms with van der Waals surface area (Å²) in [4.78, 5) is 0. The fourth-order valence-electron chi connectivity index (χ4n) is 1.16. The Morgan fingerprint density at radius 2 is 2.15 bits per heavy atom. The minimum absolute atomic E-state index is 0.323. The Balaban J connectivity index is 3.28. The van der Waals surface area contributed by atoms with Gasteiger partial charge in [0.2, 0.25) is 0 Å². The van der Waals surface area contributed by atoms with Crippen molar-refractivity contribution >= 4 is 17.3 Å². The van der Waals surface area contributed by atoms with E-state index in [9.17, 15) is 4.39 Å². The molecule has 0 aromatic heterocycles. The summed E-state index contributed by atoms with van der Waals surface area (Å²) in [5, 5.41) is 7.74. The first-order valence-electron chi connectivity index (χ1n) is 4.09. The molecule has 0 spiro atoms. The molecule has 0 unspecified atom stereocenters. The van der Waals surface area contributed by atoms with Crippen LogP contribution in [0.25, 0.3) is 0 Å². The summed E-state index contributed by atoms with van der Waals surface area (Å²) in [7, 11) is 0. The topological polar surface area (TPSA) is 23.9 Å². The second kappa shape index (κ2) is 3.88. The molecule has 0 aliphatic carbocycles. The lowest BCUT2D eigenvalue weighted by molar-refractivity contribution is 0.612. The Bertz CT molecular complexity index is 324. The van der Waals surface area contributed by atoms with E-state index in [1.807, 2.05) is 6.92 Å². The first-order chi connectivity index (χ1) is 6.06. The molecule has 0 saturated heterocycles. The van der Waals surface area contributed by atoms with Crippen LogP contribution < -0.4 is 0 Å². The van der Waals surface area contributed by atoms with Gasteiger partial charge in [0.1, 0.15) is 5.82 Å². The molecule has 1 aromatic rings. The van der Waals surface area contributed by atoms with E-state index in [4.69, 9.17) is 17.0 Å². The van der Waals surface area contributed by atoms with Gasteiger partial charge in [0.25, 0.3) is 0 Å². The zero-order valence-electron chi connectivity index (χ0n) is 7.62. The predicted molar refractivity (Wildman–Crippen MR) is 53.3 cm³/mol. The summed E-state index contributed by atoms with van der Waals surface area (Å²) < 4.78 is 13.3. The molecule has 0 saturated carbocycles. The summed E-state index contributed by atoms with van der Waals surface area (Å²) in [5.41, 5.74) is 1.38. The van der Waals surface area contributed by atoms with Gasteiger partial charge in [0, 0.05) is 16.3 Å². The van der Waals surface area contributed by atoms with Crippen LogP contribution in [0.4, 0.5) is 4.39 Å². The molecule has 0 fully saturated rings. The van der Waals surface area contributed by atoms with Crippen LogP contribution >= 0.6 is 11.6 Å². The Morgan fingerprint density at radius 3 is 2.54 bits per heavy atom. The minimum Gasteiger partial charge on any atom is -0.305 e. The number of benzene rings is 1. The zero-order chi connectivity index (χ0) is 10.0. The molecule has 3 heteroatoms. The fourth-order valence-corrected chi connectivity index (χ4v) is 1.50. The van der Waals surface area contributed by atoms with Crippen molar-refractivity contribution in [1.29, 1.82) is 5.41 Å². The van der Waals surface area contributed by atoms with Crippen molar-refractivity contribution in [3.05, 3.63) is 34.1 Å². The minimum atomic E-state index is -0.323. The Kier molecular flexibility index (Phi) is 3.04. The molecule has 1 rings (SSSR count). The summed E-state index contributed by atoms with van der Waals surface area (Å²) in [6.45, 7) is 3.46. The molecule has 0 aliphatic rings. The van der Waals surface area contributed by atoms with Crippen LogP contribution in [0.3, 0.4) is 0 Å². The van der Waals surface area contributed by atoms with E-state index < -0.39 is 0 Å². The summed E-state index contributed by atoms with van der Waals surface area (Å²) in [6, 6.07) is 2.98. The smallest absolute Gasteiger partial charge is 0.128 e. The lowest BCUT2D eigenvalue weighted by Gasteiger charge is -2.05. The number of hydrogen-bond acceptors (Lipinski definition) is 1. The average molecular weight is 200 g/mol. The van der Waals surface area contributed by atoms with Crippen molar-refractivity contribution in [2.45, 2.75) is 20.3 Å². The number of halogens is 2. The van der Waals surface area contributed by atoms with E-state index in [0.29, 0.717) is 28.3 Å². The quantitative estimate of drug-likeness (QED) is 0.706. The van der Waals surface area contributed by atoms with Gasteiger partial charge < -0.3 is 5.41 Å². The molecule has 0 radical (unpaired) electrons. The third-order valence-electron chi connectivity index (χ3n) is 1.93. The molecular weight excluding hydrogens is 189 g/mol. The van der Waals surface area contributed by atoms with Gasteiger partial charge in [0.15, 0.2) is 0 Å². The maximum atomic E-state index is 13.3. The van der Waals surface area contributed by atoms with Gasteiger partial charge in [-0.05, 0) is 31.0 Å². The number of hydrogen-bond donors (Lipinski definition) is 1. The fraction of sp³-hybridized carbons (Fsp3) is 0.300. The first-order valence-corrected chi connectivity index (χ1v) is 4.47. The monoisotopic (exact) mass is 199 g/mol. The molecule has 0 aliphatic heterocycles. The van der Waals surface area contributed by atoms with E-state index in [2.05, 4.69) is 0 Å². The lowest BCUT2D eigenvalue weighted by Crippen LogP contribution is -1.97. The van der Waals surface area contributed by atoms with E-state index in [-0.39, 0.29) is 5.82 Å². The highest BCUT2D eigenvalue weighted by Gasteiger charge is 2.08. The van der Waals surface area contributed by atoms with Crippen molar-refractivity contribution in [3.63, 3.8) is 0 Å². The number of rotatable bonds is 2. The van der Waals surface area contributed by atoms with Gasteiger partial charge in [-0.2, -0.15) is 0 Å². The Labute approximate surface area is 82.0 Å². The normalized spacial score (nSPS) is 10.2. The predicted octanol–water partition coefficient (Wildman–Crippen LogP) is 3.43. The zero-order valence-corrected chi connectivity index (χ0v) is 8.37. The largest absolute Gasteiger partial charge is 0.305 e. The summed E-state index contributed by atoms with van der Waals surface area (Å²) in [6.07, 6.45) is 0.571. The van der Waals surface area contributed by atoms with Gasteiger partial charge in [0.05, 0.1) is 0 Å². The second-order valence-corrected chi connectivity index (χ2v) is 3.30. The molecule has 1 nitrogen and oxygen atoms in total. The highest BCUT2D eigenvalue weighted by atomic mass is 35.5. The average Bonchev–Trinajstić information content (AvgIpc) is 2.03. The van der Waals surface area contributed by atoms with E-state index in [1.165, 1.54) is 6.07 Å². The van der Waals surface area contributed by atoms with E-state index in [0.717, 1.165) is 0 Å². The summed E-state index contributed by atoms with van der Waals surface area (Å²) in [5.74, 6) is -0.323. The molecule has 70 valence electrons. The van der Waals surface area contributed by atoms with Crippen LogP contribution in [0.2, 0.25) is 5.02 Å². The van der Waals surface area contributed by atoms with Crippen molar-refractivity contribution < 1.29 is 4.39 Å². The van der Waals surface area contributed by atoms with Gasteiger partial charge in [-0.25, -0.2) is 4.39 Å². The third kappa shape index (κ3) is 2.07. The summed E-state index contributed by atoms with van der Waals surface area (Å²) >= 11 is 5.84. The van der Waals surface area contributed by atoms with Crippen molar-refractivity contribution in [1.82, 2.24) is 0 Å². The maximum absolute atomic E-state index is 13.3. The van der Waals surface area contributed by atoms with E-state index >= 15 is 0 Å². The molecular formula is C10H11ClFN. The molecule has 0 atom stereocenters. The van der Waals surface area contributed by atoms with Crippen LogP contribution in [-0.2, 0) is 6.42 Å². The van der Waals surface area contributed by atoms with Gasteiger partial charge >= 0.3 is 0 Å². The van der Waals surface area contributed by atoms with Gasteiger partial charge in [-0.15, -0.1) is 0 Å². The van der Waals surface area contributed by atoms with Gasteiger partial charge in [-0.1, -0.05) is 18.5 Å². The van der Waals surface area contributed by atoms with Crippen LogP contribution in [0.1, 0.15) is 25.0 Å². The molecule has 0 amide bonds. The molecule has 0 heterocycles. The lowest BCUT2D eigenvalue weighted by atomic mass is 10.1. The first kappa shape index (κ1) is 10.2. The van der Waals surface area contributed by atoms with Crippen molar-refractivity contribution in [2.75, 3.05) is 0 Å². The molecule has 0 bridgehead atoms. The SMILES string of the molecule is CCc1c(F)cc(C(C)=N)cc1Cl. The standard InChI is InChI=1S/C10H11ClFN/c1-3-8-9(11)4-7(6(2)13)5-10(8)12/h4-5,13H,3H2,1-2H3. The van der Waals surface area contributed by atoms with Crippen LogP contribution in [0, 0.1) is 11.2 Å². The number of nitrogens with one attached hydrogen (secondary N) is 1. The second-order valence-electron chi connectivity index (χ2n) is 2.90. The Hall–Kier alpha value is -0.890. The van der Waals surface area contributed by atoms with Crippen LogP contribution in [0.5, 0.6) is 0 Å². The van der Waals surface area contributed by atoms with Crippen molar-refractivity contribution in [2.24, 2.45) is 0 Å². The molecule has 1 aromatic carbocycles. The highest BCUT2D eigenvalue weighted by Crippen LogP contribution is 2.22. The molecule has 1 N–H and O–H groups in total. The van der Waals surface area contributed by atoms with Gasteiger partial charge in [-0.3, -0.25) is 0 Å². The Morgan fingerprint density at radius 1 is 1.54 bits per heavy atom. The van der Waals surface area contributed by atoms with Crippen molar-refractivity contribution in [3.8, 4) is 0 Å². The van der Waals surface area contributed by atoms with Crippen LogP contribution in [0.15, 0.2) is 12.1 Å². The maximum Gasteiger partial charge on any atom is 0.128 e. The van der Waals surface area contributed by atoms with Crippen LogP contribution in [-0.4, -0.2) is 5.71 Å². The molecule has 13 heavy (non-hydrogen) atoms. The highest BCUT2D eigenvalue weighted by molar-refractivity contribution is 6.31. The van der Waals surface area contributed by atoms with E-state index in [1.54, 1.807) is 13.0 Å².